The number of carbonyl (C=O) groups is 2. The third-order valence-electron chi connectivity index (χ3n) is 1.58. The Morgan fingerprint density at radius 1 is 1.54 bits per heavy atom. The molecule has 0 aliphatic carbocycles. The number of carbonyl (C=O) groups excluding carboxylic acids is 1. The van der Waals surface area contributed by atoms with Crippen LogP contribution in [0.25, 0.3) is 0 Å². The predicted molar refractivity (Wildman–Crippen MR) is 38.4 cm³/mol. The molecular formula is C7H10F2O4. The predicted octanol–water partition coefficient (Wildman–Crippen LogP) is 0.906. The van der Waals surface area contributed by atoms with Crippen molar-refractivity contribution in [2.45, 2.75) is 20.3 Å². The van der Waals surface area contributed by atoms with Crippen molar-refractivity contribution >= 4 is 11.9 Å². The lowest BCUT2D eigenvalue weighted by Crippen LogP contribution is -2.44. The molecule has 0 heterocycles. The maximum absolute atomic E-state index is 12.2. The van der Waals surface area contributed by atoms with E-state index in [0.717, 1.165) is 0 Å². The van der Waals surface area contributed by atoms with Gasteiger partial charge in [-0.25, -0.2) is 8.78 Å². The van der Waals surface area contributed by atoms with Gasteiger partial charge in [0.1, 0.15) is 0 Å². The van der Waals surface area contributed by atoms with Gasteiger partial charge < -0.3 is 9.84 Å². The molecule has 6 heteroatoms. The molecule has 0 aliphatic heterocycles. The molecule has 76 valence electrons. The molecule has 0 spiro atoms. The summed E-state index contributed by atoms with van der Waals surface area (Å²) in [7, 11) is 0. The molecular weight excluding hydrogens is 186 g/mol. The number of carboxylic acid groups (broad SMARTS) is 1. The molecule has 0 aromatic heterocycles. The number of rotatable bonds is 4. The Morgan fingerprint density at radius 2 is 2.00 bits per heavy atom. The summed E-state index contributed by atoms with van der Waals surface area (Å²) in [5.74, 6) is -3.31. The number of hydrogen-bond donors (Lipinski definition) is 1. The first-order chi connectivity index (χ1) is 5.87. The van der Waals surface area contributed by atoms with Gasteiger partial charge in [-0.3, -0.25) is 9.59 Å². The third-order valence-corrected chi connectivity index (χ3v) is 1.58. The molecule has 0 saturated carbocycles. The molecule has 0 bridgehead atoms. The third kappa shape index (κ3) is 2.13. The van der Waals surface area contributed by atoms with Gasteiger partial charge in [-0.1, -0.05) is 0 Å². The van der Waals surface area contributed by atoms with Gasteiger partial charge in [0, 0.05) is 0 Å². The molecule has 0 aromatic carbocycles. The SMILES string of the molecule is CCOC(=O)C(C)(C(=O)O)C(F)F. The monoisotopic (exact) mass is 196 g/mol. The molecule has 0 fully saturated rings. The van der Waals surface area contributed by atoms with Crippen LogP contribution in [0.2, 0.25) is 0 Å². The summed E-state index contributed by atoms with van der Waals surface area (Å²) in [6, 6.07) is 0. The van der Waals surface area contributed by atoms with Gasteiger partial charge >= 0.3 is 11.9 Å². The average molecular weight is 196 g/mol. The van der Waals surface area contributed by atoms with Gasteiger partial charge in [0.05, 0.1) is 6.61 Å². The molecule has 4 nitrogen and oxygen atoms in total. The lowest BCUT2D eigenvalue weighted by molar-refractivity contribution is -0.178. The Bertz CT molecular complexity index is 217. The molecule has 13 heavy (non-hydrogen) atoms. The summed E-state index contributed by atoms with van der Waals surface area (Å²) in [5.41, 5.74) is -2.77. The minimum absolute atomic E-state index is 0.131. The van der Waals surface area contributed by atoms with Crippen LogP contribution in [0.1, 0.15) is 13.8 Å². The lowest BCUT2D eigenvalue weighted by Gasteiger charge is -2.20. The van der Waals surface area contributed by atoms with Crippen molar-refractivity contribution in [2.75, 3.05) is 6.61 Å². The summed E-state index contributed by atoms with van der Waals surface area (Å²) >= 11 is 0. The first-order valence-electron chi connectivity index (χ1n) is 3.56. The van der Waals surface area contributed by atoms with E-state index in [1.165, 1.54) is 6.92 Å². The number of alkyl halides is 2. The zero-order chi connectivity index (χ0) is 10.6. The summed E-state index contributed by atoms with van der Waals surface area (Å²) in [4.78, 5) is 21.3. The molecule has 0 radical (unpaired) electrons. The fourth-order valence-corrected chi connectivity index (χ4v) is 0.551. The molecule has 1 atom stereocenters. The topological polar surface area (TPSA) is 63.6 Å². The second-order valence-electron chi connectivity index (χ2n) is 2.53. The number of aliphatic carboxylic acids is 1. The van der Waals surface area contributed by atoms with Gasteiger partial charge in [0.2, 0.25) is 5.41 Å². The highest BCUT2D eigenvalue weighted by Crippen LogP contribution is 2.27. The molecule has 0 saturated heterocycles. The smallest absolute Gasteiger partial charge is 0.329 e. The molecule has 0 amide bonds. The van der Waals surface area contributed by atoms with Gasteiger partial charge in [-0.2, -0.15) is 0 Å². The summed E-state index contributed by atoms with van der Waals surface area (Å²) in [6.45, 7) is 1.91. The average Bonchev–Trinajstić information content (AvgIpc) is 2.02. The van der Waals surface area contributed by atoms with Crippen LogP contribution in [-0.2, 0) is 14.3 Å². The van der Waals surface area contributed by atoms with E-state index in [-0.39, 0.29) is 6.61 Å². The van der Waals surface area contributed by atoms with E-state index in [1.807, 2.05) is 0 Å². The van der Waals surface area contributed by atoms with E-state index < -0.39 is 23.8 Å². The van der Waals surface area contributed by atoms with Gasteiger partial charge in [-0.15, -0.1) is 0 Å². The van der Waals surface area contributed by atoms with E-state index in [2.05, 4.69) is 4.74 Å². The maximum Gasteiger partial charge on any atom is 0.329 e. The minimum Gasteiger partial charge on any atom is -0.480 e. The fraction of sp³-hybridized carbons (Fsp3) is 0.714. The Kier molecular flexibility index (Phi) is 3.77. The first-order valence-corrected chi connectivity index (χ1v) is 3.56. The highest BCUT2D eigenvalue weighted by Gasteiger charge is 2.51. The van der Waals surface area contributed by atoms with E-state index in [1.54, 1.807) is 0 Å². The van der Waals surface area contributed by atoms with E-state index in [0.29, 0.717) is 6.92 Å². The van der Waals surface area contributed by atoms with Crippen molar-refractivity contribution in [1.29, 1.82) is 0 Å². The van der Waals surface area contributed by atoms with Crippen molar-refractivity contribution in [3.63, 3.8) is 0 Å². The zero-order valence-corrected chi connectivity index (χ0v) is 7.21. The minimum atomic E-state index is -3.29. The largest absolute Gasteiger partial charge is 0.480 e. The summed E-state index contributed by atoms with van der Waals surface area (Å²) in [5, 5.41) is 8.42. The fourth-order valence-electron chi connectivity index (χ4n) is 0.551. The van der Waals surface area contributed by atoms with Crippen molar-refractivity contribution in [3.8, 4) is 0 Å². The van der Waals surface area contributed by atoms with Crippen LogP contribution in [0.4, 0.5) is 8.78 Å². The quantitative estimate of drug-likeness (QED) is 0.536. The van der Waals surface area contributed by atoms with Crippen LogP contribution >= 0.6 is 0 Å². The van der Waals surface area contributed by atoms with Crippen molar-refractivity contribution in [2.24, 2.45) is 5.41 Å². The second-order valence-corrected chi connectivity index (χ2v) is 2.53. The van der Waals surface area contributed by atoms with Crippen LogP contribution in [0.5, 0.6) is 0 Å². The zero-order valence-electron chi connectivity index (χ0n) is 7.21. The molecule has 0 aromatic rings. The summed E-state index contributed by atoms with van der Waals surface area (Å²) < 4.78 is 28.7. The number of ether oxygens (including phenoxy) is 1. The van der Waals surface area contributed by atoms with Gasteiger partial charge in [-0.05, 0) is 13.8 Å². The van der Waals surface area contributed by atoms with Crippen molar-refractivity contribution < 1.29 is 28.2 Å². The molecule has 1 N–H and O–H groups in total. The highest BCUT2D eigenvalue weighted by atomic mass is 19.3. The van der Waals surface area contributed by atoms with Crippen LogP contribution in [0.3, 0.4) is 0 Å². The van der Waals surface area contributed by atoms with Crippen molar-refractivity contribution in [3.05, 3.63) is 0 Å². The number of carboxylic acids is 1. The van der Waals surface area contributed by atoms with E-state index in [9.17, 15) is 18.4 Å². The molecule has 0 aliphatic rings. The van der Waals surface area contributed by atoms with E-state index >= 15 is 0 Å². The molecule has 1 unspecified atom stereocenters. The Hall–Kier alpha value is -1.20. The Balaban J connectivity index is 4.79. The van der Waals surface area contributed by atoms with Crippen molar-refractivity contribution in [1.82, 2.24) is 0 Å². The van der Waals surface area contributed by atoms with Crippen LogP contribution in [0, 0.1) is 5.41 Å². The van der Waals surface area contributed by atoms with Gasteiger partial charge in [0.15, 0.2) is 0 Å². The molecule has 0 rings (SSSR count). The maximum atomic E-state index is 12.2. The first kappa shape index (κ1) is 11.8. The van der Waals surface area contributed by atoms with Crippen LogP contribution in [-0.4, -0.2) is 30.1 Å². The Morgan fingerprint density at radius 3 is 2.23 bits per heavy atom. The van der Waals surface area contributed by atoms with Crippen LogP contribution < -0.4 is 0 Å². The second kappa shape index (κ2) is 4.15. The number of hydrogen-bond acceptors (Lipinski definition) is 3. The summed E-state index contributed by atoms with van der Waals surface area (Å²) in [6.07, 6.45) is -3.29. The Labute approximate surface area is 73.5 Å². The van der Waals surface area contributed by atoms with Crippen LogP contribution in [0.15, 0.2) is 0 Å². The van der Waals surface area contributed by atoms with E-state index in [4.69, 9.17) is 5.11 Å². The normalized spacial score (nSPS) is 15.2. The number of esters is 1. The van der Waals surface area contributed by atoms with Gasteiger partial charge in [0.25, 0.3) is 6.43 Å². The lowest BCUT2D eigenvalue weighted by atomic mass is 9.92. The highest BCUT2D eigenvalue weighted by molar-refractivity contribution is 5.99. The number of halogens is 2. The standard InChI is InChI=1S/C7H10F2O4/c1-3-13-6(12)7(2,4(8)9)5(10)11/h4H,3H2,1-2H3,(H,10,11).